The van der Waals surface area contributed by atoms with Gasteiger partial charge in [0.15, 0.2) is 0 Å². The summed E-state index contributed by atoms with van der Waals surface area (Å²) in [7, 11) is 0. The van der Waals surface area contributed by atoms with Gasteiger partial charge in [-0.3, -0.25) is 4.79 Å². The summed E-state index contributed by atoms with van der Waals surface area (Å²) in [6.45, 7) is 2.78. The summed E-state index contributed by atoms with van der Waals surface area (Å²) in [4.78, 5) is 13.6. The van der Waals surface area contributed by atoms with Gasteiger partial charge in [-0.2, -0.15) is 0 Å². The third-order valence-electron chi connectivity index (χ3n) is 3.60. The number of hydrogen-bond acceptors (Lipinski definition) is 4. The molecule has 1 aromatic rings. The van der Waals surface area contributed by atoms with Gasteiger partial charge >= 0.3 is 0 Å². The molecule has 0 unspecified atom stereocenters. The van der Waals surface area contributed by atoms with Crippen LogP contribution < -0.4 is 10.2 Å². The average molecular weight is 280 g/mol. The number of anilines is 1. The largest absolute Gasteiger partial charge is 0.377 e. The van der Waals surface area contributed by atoms with Crippen molar-refractivity contribution in [3.8, 4) is 0 Å². The highest BCUT2D eigenvalue weighted by molar-refractivity contribution is 5.95. The van der Waals surface area contributed by atoms with E-state index in [0.717, 1.165) is 6.54 Å². The van der Waals surface area contributed by atoms with Crippen LogP contribution in [-0.2, 0) is 14.3 Å². The third kappa shape index (κ3) is 2.67. The molecule has 1 N–H and O–H groups in total. The van der Waals surface area contributed by atoms with Crippen molar-refractivity contribution in [2.75, 3.05) is 44.4 Å². The molecular formula is C14H17FN2O3. The minimum absolute atomic E-state index is 0.0123. The number of ether oxygens (including phenoxy) is 2. The Labute approximate surface area is 116 Å². The summed E-state index contributed by atoms with van der Waals surface area (Å²) in [5, 5.41) is 3.24. The molecule has 2 aliphatic heterocycles. The van der Waals surface area contributed by atoms with Crippen LogP contribution in [0.5, 0.6) is 0 Å². The number of amides is 1. The number of nitrogens with zero attached hydrogens (tertiary/aromatic N) is 1. The van der Waals surface area contributed by atoms with Crippen molar-refractivity contribution in [1.29, 1.82) is 0 Å². The van der Waals surface area contributed by atoms with E-state index in [4.69, 9.17) is 9.47 Å². The maximum atomic E-state index is 13.3. The van der Waals surface area contributed by atoms with E-state index in [2.05, 4.69) is 5.32 Å². The third-order valence-corrected chi connectivity index (χ3v) is 3.60. The van der Waals surface area contributed by atoms with Gasteiger partial charge < -0.3 is 19.7 Å². The second kappa shape index (κ2) is 5.47. The molecule has 1 amide bonds. The molecule has 5 nitrogen and oxygen atoms in total. The Balaban J connectivity index is 1.84. The molecule has 2 aliphatic rings. The number of carbonyl (C=O) groups excluding carboxylic acids is 1. The zero-order chi connectivity index (χ0) is 14.0. The molecule has 2 heterocycles. The standard InChI is InChI=1S/C14H17FN2O3/c15-11-2-1-3-12(6-11)17-9-14(20-7-13(17)18)8-16-4-5-19-10-14/h1-3,6,16H,4-5,7-10H2/t14-/m0/s1. The van der Waals surface area contributed by atoms with Crippen molar-refractivity contribution in [3.05, 3.63) is 30.1 Å². The lowest BCUT2D eigenvalue weighted by molar-refractivity contribution is -0.144. The van der Waals surface area contributed by atoms with Gasteiger partial charge in [0.2, 0.25) is 0 Å². The molecule has 108 valence electrons. The molecule has 0 aliphatic carbocycles. The van der Waals surface area contributed by atoms with Crippen LogP contribution in [0, 0.1) is 5.82 Å². The Morgan fingerprint density at radius 2 is 2.30 bits per heavy atom. The number of halogens is 1. The normalized spacial score (nSPS) is 27.6. The molecule has 1 atom stereocenters. The van der Waals surface area contributed by atoms with Crippen LogP contribution in [0.25, 0.3) is 0 Å². The second-order valence-electron chi connectivity index (χ2n) is 5.16. The summed E-state index contributed by atoms with van der Waals surface area (Å²) < 4.78 is 24.6. The van der Waals surface area contributed by atoms with Gasteiger partial charge in [-0.25, -0.2) is 4.39 Å². The van der Waals surface area contributed by atoms with Crippen molar-refractivity contribution in [1.82, 2.24) is 5.32 Å². The molecule has 0 aromatic heterocycles. The Morgan fingerprint density at radius 3 is 3.15 bits per heavy atom. The minimum atomic E-state index is -0.559. The number of rotatable bonds is 1. The van der Waals surface area contributed by atoms with E-state index >= 15 is 0 Å². The molecule has 0 radical (unpaired) electrons. The molecule has 0 bridgehead atoms. The molecule has 2 fully saturated rings. The first-order chi connectivity index (χ1) is 9.69. The number of hydrogen-bond donors (Lipinski definition) is 1. The Kier molecular flexibility index (Phi) is 3.69. The van der Waals surface area contributed by atoms with Gasteiger partial charge in [-0.05, 0) is 18.2 Å². The Bertz CT molecular complexity index is 501. The van der Waals surface area contributed by atoms with E-state index in [9.17, 15) is 9.18 Å². The number of nitrogens with one attached hydrogen (secondary N) is 1. The topological polar surface area (TPSA) is 50.8 Å². The lowest BCUT2D eigenvalue weighted by atomic mass is 10.0. The van der Waals surface area contributed by atoms with Gasteiger partial charge in [-0.1, -0.05) is 6.07 Å². The highest BCUT2D eigenvalue weighted by Crippen LogP contribution is 2.25. The van der Waals surface area contributed by atoms with Crippen molar-refractivity contribution in [2.24, 2.45) is 0 Å². The van der Waals surface area contributed by atoms with E-state index in [1.807, 2.05) is 0 Å². The molecule has 1 spiro atoms. The summed E-state index contributed by atoms with van der Waals surface area (Å²) in [5.41, 5.74) is -0.00147. The van der Waals surface area contributed by atoms with Gasteiger partial charge in [0.1, 0.15) is 18.0 Å². The van der Waals surface area contributed by atoms with E-state index in [1.54, 1.807) is 17.0 Å². The fourth-order valence-electron chi connectivity index (χ4n) is 2.56. The predicted octanol–water partition coefficient (Wildman–Crippen LogP) is 0.548. The van der Waals surface area contributed by atoms with Crippen molar-refractivity contribution >= 4 is 11.6 Å². The molecule has 6 heteroatoms. The van der Waals surface area contributed by atoms with Crippen LogP contribution in [0.4, 0.5) is 10.1 Å². The molecular weight excluding hydrogens is 263 g/mol. The van der Waals surface area contributed by atoms with Crippen molar-refractivity contribution in [3.63, 3.8) is 0 Å². The summed E-state index contributed by atoms with van der Waals surface area (Å²) >= 11 is 0. The lowest BCUT2D eigenvalue weighted by Crippen LogP contribution is -2.60. The van der Waals surface area contributed by atoms with E-state index in [1.165, 1.54) is 12.1 Å². The SMILES string of the molecule is O=C1CO[C@@]2(CNCCOC2)CN1c1cccc(F)c1. The van der Waals surface area contributed by atoms with Gasteiger partial charge in [0.25, 0.3) is 5.91 Å². The quantitative estimate of drug-likeness (QED) is 0.816. The smallest absolute Gasteiger partial charge is 0.253 e. The van der Waals surface area contributed by atoms with Crippen LogP contribution >= 0.6 is 0 Å². The minimum Gasteiger partial charge on any atom is -0.377 e. The van der Waals surface area contributed by atoms with E-state index in [-0.39, 0.29) is 18.3 Å². The zero-order valence-electron chi connectivity index (χ0n) is 11.1. The first kappa shape index (κ1) is 13.5. The number of morpholine rings is 1. The predicted molar refractivity (Wildman–Crippen MR) is 71.1 cm³/mol. The number of carbonyl (C=O) groups is 1. The lowest BCUT2D eigenvalue weighted by Gasteiger charge is -2.41. The second-order valence-corrected chi connectivity index (χ2v) is 5.16. The Morgan fingerprint density at radius 1 is 1.40 bits per heavy atom. The molecule has 1 aromatic carbocycles. The van der Waals surface area contributed by atoms with Crippen LogP contribution in [-0.4, -0.2) is 51.0 Å². The fourth-order valence-corrected chi connectivity index (χ4v) is 2.56. The monoisotopic (exact) mass is 280 g/mol. The summed E-state index contributed by atoms with van der Waals surface area (Å²) in [5.74, 6) is -0.517. The summed E-state index contributed by atoms with van der Waals surface area (Å²) in [6, 6.07) is 6.05. The Hall–Kier alpha value is -1.50. The van der Waals surface area contributed by atoms with Gasteiger partial charge in [-0.15, -0.1) is 0 Å². The van der Waals surface area contributed by atoms with Gasteiger partial charge in [0.05, 0.1) is 19.8 Å². The molecule has 20 heavy (non-hydrogen) atoms. The van der Waals surface area contributed by atoms with Crippen LogP contribution in [0.1, 0.15) is 0 Å². The number of benzene rings is 1. The molecule has 3 rings (SSSR count). The van der Waals surface area contributed by atoms with Crippen LogP contribution in [0.2, 0.25) is 0 Å². The zero-order valence-corrected chi connectivity index (χ0v) is 11.1. The maximum absolute atomic E-state index is 13.3. The van der Waals surface area contributed by atoms with Crippen molar-refractivity contribution < 1.29 is 18.7 Å². The van der Waals surface area contributed by atoms with Gasteiger partial charge in [0, 0.05) is 18.8 Å². The first-order valence-corrected chi connectivity index (χ1v) is 6.67. The van der Waals surface area contributed by atoms with E-state index in [0.29, 0.717) is 32.0 Å². The fraction of sp³-hybridized carbons (Fsp3) is 0.500. The molecule has 2 saturated heterocycles. The highest BCUT2D eigenvalue weighted by Gasteiger charge is 2.41. The van der Waals surface area contributed by atoms with Crippen LogP contribution in [0.3, 0.4) is 0 Å². The van der Waals surface area contributed by atoms with Crippen LogP contribution in [0.15, 0.2) is 24.3 Å². The average Bonchev–Trinajstić information content (AvgIpc) is 2.68. The van der Waals surface area contributed by atoms with E-state index < -0.39 is 5.60 Å². The maximum Gasteiger partial charge on any atom is 0.253 e. The van der Waals surface area contributed by atoms with Crippen molar-refractivity contribution in [2.45, 2.75) is 5.60 Å². The first-order valence-electron chi connectivity index (χ1n) is 6.67. The highest BCUT2D eigenvalue weighted by atomic mass is 19.1. The molecule has 0 saturated carbocycles. The summed E-state index contributed by atoms with van der Waals surface area (Å²) in [6.07, 6.45) is 0.